The monoisotopic (exact) mass is 597 g/mol. The smallest absolute Gasteiger partial charge is 0.267 e. The molecule has 0 radical (unpaired) electrons. The molecule has 0 bridgehead atoms. The summed E-state index contributed by atoms with van der Waals surface area (Å²) in [5, 5.41) is 13.0. The summed E-state index contributed by atoms with van der Waals surface area (Å²) in [5.74, 6) is -0.990. The van der Waals surface area contributed by atoms with Crippen molar-refractivity contribution in [2.75, 3.05) is 5.75 Å². The molecule has 0 aromatic rings. The summed E-state index contributed by atoms with van der Waals surface area (Å²) in [6, 6.07) is -1.05. The first-order valence-corrected chi connectivity index (χ1v) is 18.3. The van der Waals surface area contributed by atoms with Crippen molar-refractivity contribution in [1.29, 1.82) is 0 Å². The standard InChI is InChI=1S/C34H63NO5S/c1-3-5-7-9-11-12-13-14-15-16-17-18-19-20-21-22-24-26-28-30-34(37)35-32(31-41(38,39)40)33(36)29-27-25-23-10-8-6-4-2/h11-12,14-15,27,29,32-33,36H,3-10,13,16-26,28,30-31H2,1-2H3,(H,35,37)(H,38,39,40)/b12-11-,15-14-,29-27+. The van der Waals surface area contributed by atoms with Crippen LogP contribution in [0.15, 0.2) is 36.5 Å². The molecule has 2 unspecified atom stereocenters. The highest BCUT2D eigenvalue weighted by Gasteiger charge is 2.24. The third kappa shape index (κ3) is 29.8. The van der Waals surface area contributed by atoms with Crippen LogP contribution in [0.1, 0.15) is 155 Å². The average Bonchev–Trinajstić information content (AvgIpc) is 2.92. The fraction of sp³-hybridized carbons (Fsp3) is 0.794. The molecule has 0 spiro atoms. The molecule has 0 saturated carbocycles. The summed E-state index contributed by atoms with van der Waals surface area (Å²) in [7, 11) is -4.33. The summed E-state index contributed by atoms with van der Waals surface area (Å²) in [6.45, 7) is 4.40. The molecule has 0 aliphatic heterocycles. The van der Waals surface area contributed by atoms with Gasteiger partial charge >= 0.3 is 0 Å². The van der Waals surface area contributed by atoms with Crippen LogP contribution in [0.3, 0.4) is 0 Å². The minimum atomic E-state index is -4.33. The van der Waals surface area contributed by atoms with Gasteiger partial charge in [-0.3, -0.25) is 9.35 Å². The van der Waals surface area contributed by atoms with E-state index < -0.39 is 28.0 Å². The topological polar surface area (TPSA) is 104 Å². The quantitative estimate of drug-likeness (QED) is 0.0453. The Labute approximate surface area is 253 Å². The minimum absolute atomic E-state index is 0.289. The van der Waals surface area contributed by atoms with Crippen molar-refractivity contribution in [1.82, 2.24) is 5.32 Å². The Morgan fingerprint density at radius 1 is 0.659 bits per heavy atom. The number of amides is 1. The van der Waals surface area contributed by atoms with Gasteiger partial charge in [-0.25, -0.2) is 0 Å². The maximum atomic E-state index is 12.4. The largest absolute Gasteiger partial charge is 0.387 e. The Morgan fingerprint density at radius 3 is 1.63 bits per heavy atom. The molecule has 240 valence electrons. The second-order valence-electron chi connectivity index (χ2n) is 11.4. The van der Waals surface area contributed by atoms with E-state index >= 15 is 0 Å². The third-order valence-electron chi connectivity index (χ3n) is 7.31. The number of hydrogen-bond acceptors (Lipinski definition) is 4. The van der Waals surface area contributed by atoms with Gasteiger partial charge in [0.1, 0.15) is 0 Å². The Balaban J connectivity index is 3.90. The molecule has 0 fully saturated rings. The molecule has 0 saturated heterocycles. The van der Waals surface area contributed by atoms with E-state index in [-0.39, 0.29) is 12.3 Å². The van der Waals surface area contributed by atoms with E-state index in [0.29, 0.717) is 0 Å². The molecule has 41 heavy (non-hydrogen) atoms. The van der Waals surface area contributed by atoms with Gasteiger partial charge in [0.05, 0.1) is 17.9 Å². The van der Waals surface area contributed by atoms with Crippen LogP contribution in [0.4, 0.5) is 0 Å². The first kappa shape index (κ1) is 39.6. The SMILES string of the molecule is CCCCC/C=C\C/C=C\CCCCCCCCCCCC(=O)NC(CS(=O)(=O)O)C(O)/C=C/CCCCCCC. The predicted octanol–water partition coefficient (Wildman–Crippen LogP) is 9.01. The molecule has 0 heterocycles. The van der Waals surface area contributed by atoms with Gasteiger partial charge in [-0.15, -0.1) is 0 Å². The molecule has 0 aliphatic rings. The third-order valence-corrected chi connectivity index (χ3v) is 8.09. The maximum Gasteiger partial charge on any atom is 0.267 e. The normalized spacial score (nSPS) is 14.0. The van der Waals surface area contributed by atoms with E-state index in [1.807, 2.05) is 6.08 Å². The molecule has 2 atom stereocenters. The second-order valence-corrected chi connectivity index (χ2v) is 12.9. The van der Waals surface area contributed by atoms with Crippen molar-refractivity contribution >= 4 is 16.0 Å². The van der Waals surface area contributed by atoms with Crippen molar-refractivity contribution in [3.8, 4) is 0 Å². The number of carbonyl (C=O) groups excluding carboxylic acids is 1. The first-order chi connectivity index (χ1) is 19.8. The van der Waals surface area contributed by atoms with Crippen molar-refractivity contribution in [3.63, 3.8) is 0 Å². The fourth-order valence-electron chi connectivity index (χ4n) is 4.77. The molecule has 0 aromatic heterocycles. The zero-order valence-corrected chi connectivity index (χ0v) is 27.2. The second kappa shape index (κ2) is 28.7. The molecule has 3 N–H and O–H groups in total. The van der Waals surface area contributed by atoms with E-state index in [1.165, 1.54) is 96.0 Å². The van der Waals surface area contributed by atoms with Crippen LogP contribution >= 0.6 is 0 Å². The number of nitrogens with one attached hydrogen (secondary N) is 1. The number of carbonyl (C=O) groups is 1. The number of unbranched alkanes of at least 4 members (excludes halogenated alkanes) is 17. The number of aliphatic hydroxyl groups excluding tert-OH is 1. The molecule has 1 amide bonds. The van der Waals surface area contributed by atoms with Crippen LogP contribution in [0, 0.1) is 0 Å². The van der Waals surface area contributed by atoms with Crippen molar-refractivity contribution in [2.45, 2.75) is 167 Å². The van der Waals surface area contributed by atoms with Gasteiger partial charge in [-0.2, -0.15) is 8.42 Å². The summed E-state index contributed by atoms with van der Waals surface area (Å²) >= 11 is 0. The summed E-state index contributed by atoms with van der Waals surface area (Å²) in [5.41, 5.74) is 0. The van der Waals surface area contributed by atoms with E-state index in [2.05, 4.69) is 43.5 Å². The van der Waals surface area contributed by atoms with Crippen LogP contribution in [0.25, 0.3) is 0 Å². The maximum absolute atomic E-state index is 12.4. The lowest BCUT2D eigenvalue weighted by Gasteiger charge is -2.21. The molecule has 6 nitrogen and oxygen atoms in total. The Morgan fingerprint density at radius 2 is 1.10 bits per heavy atom. The van der Waals surface area contributed by atoms with Gasteiger partial charge in [0.25, 0.3) is 10.1 Å². The van der Waals surface area contributed by atoms with Crippen LogP contribution in [0.2, 0.25) is 0 Å². The van der Waals surface area contributed by atoms with E-state index in [4.69, 9.17) is 0 Å². The van der Waals surface area contributed by atoms with Gasteiger partial charge in [0, 0.05) is 6.42 Å². The minimum Gasteiger partial charge on any atom is -0.387 e. The fourth-order valence-corrected chi connectivity index (χ4v) is 5.51. The summed E-state index contributed by atoms with van der Waals surface area (Å²) in [4.78, 5) is 12.4. The number of hydrogen-bond donors (Lipinski definition) is 3. The highest BCUT2D eigenvalue weighted by Crippen LogP contribution is 2.12. The highest BCUT2D eigenvalue weighted by molar-refractivity contribution is 7.85. The number of allylic oxidation sites excluding steroid dienone is 5. The molecule has 7 heteroatoms. The zero-order valence-electron chi connectivity index (χ0n) is 26.4. The van der Waals surface area contributed by atoms with Crippen molar-refractivity contribution in [2.24, 2.45) is 0 Å². The van der Waals surface area contributed by atoms with Crippen LogP contribution in [-0.2, 0) is 14.9 Å². The van der Waals surface area contributed by atoms with Crippen molar-refractivity contribution < 1.29 is 22.9 Å². The lowest BCUT2D eigenvalue weighted by Crippen LogP contribution is -2.46. The lowest BCUT2D eigenvalue weighted by molar-refractivity contribution is -0.122. The summed E-state index contributed by atoms with van der Waals surface area (Å²) in [6.07, 6.45) is 35.7. The molecule has 0 rings (SSSR count). The molecular weight excluding hydrogens is 534 g/mol. The van der Waals surface area contributed by atoms with Gasteiger partial charge < -0.3 is 10.4 Å². The van der Waals surface area contributed by atoms with Crippen LogP contribution in [-0.4, -0.2) is 41.9 Å². The Kier molecular flexibility index (Phi) is 27.7. The van der Waals surface area contributed by atoms with Gasteiger partial charge in [0.2, 0.25) is 5.91 Å². The molecular formula is C34H63NO5S. The molecule has 0 aliphatic carbocycles. The van der Waals surface area contributed by atoms with Gasteiger partial charge in [-0.1, -0.05) is 134 Å². The van der Waals surface area contributed by atoms with Gasteiger partial charge in [-0.05, 0) is 51.4 Å². The van der Waals surface area contributed by atoms with E-state index in [9.17, 15) is 22.9 Å². The number of aliphatic hydroxyl groups is 1. The van der Waals surface area contributed by atoms with Crippen LogP contribution in [0.5, 0.6) is 0 Å². The van der Waals surface area contributed by atoms with E-state index in [1.54, 1.807) is 0 Å². The number of rotatable bonds is 29. The average molecular weight is 598 g/mol. The summed E-state index contributed by atoms with van der Waals surface area (Å²) < 4.78 is 32.1. The Hall–Kier alpha value is -1.44. The van der Waals surface area contributed by atoms with Crippen molar-refractivity contribution in [3.05, 3.63) is 36.5 Å². The van der Waals surface area contributed by atoms with Gasteiger partial charge in [0.15, 0.2) is 0 Å². The Bertz CT molecular complexity index is 791. The lowest BCUT2D eigenvalue weighted by atomic mass is 10.1. The zero-order chi connectivity index (χ0) is 30.4. The first-order valence-electron chi connectivity index (χ1n) is 16.7. The predicted molar refractivity (Wildman–Crippen MR) is 175 cm³/mol. The van der Waals surface area contributed by atoms with E-state index in [0.717, 1.165) is 44.9 Å². The highest BCUT2D eigenvalue weighted by atomic mass is 32.2. The molecule has 0 aromatic carbocycles. The van der Waals surface area contributed by atoms with Crippen LogP contribution < -0.4 is 5.32 Å².